The Morgan fingerprint density at radius 3 is 2.57 bits per heavy atom. The minimum Gasteiger partial charge on any atom is -0.374 e. The molecule has 0 saturated heterocycles. The van der Waals surface area contributed by atoms with Gasteiger partial charge in [-0.3, -0.25) is 14.9 Å². The number of rotatable bonds is 7. The summed E-state index contributed by atoms with van der Waals surface area (Å²) in [5, 5.41) is 13.4. The number of halogens is 1. The normalized spacial score (nSPS) is 11.9. The molecule has 122 valence electrons. The summed E-state index contributed by atoms with van der Waals surface area (Å²) in [5.41, 5.74) is 0.712. The van der Waals surface area contributed by atoms with Crippen LogP contribution in [0, 0.1) is 10.1 Å². The van der Waals surface area contributed by atoms with Crippen molar-refractivity contribution in [1.29, 1.82) is 0 Å². The number of hydrogen-bond acceptors (Lipinski definition) is 5. The molecule has 0 fully saturated rings. The van der Waals surface area contributed by atoms with Gasteiger partial charge in [0.1, 0.15) is 6.10 Å². The van der Waals surface area contributed by atoms with Crippen LogP contribution in [0.5, 0.6) is 0 Å². The molecule has 1 N–H and O–H groups in total. The molecule has 0 saturated carbocycles. The lowest BCUT2D eigenvalue weighted by molar-refractivity contribution is -0.384. The first-order valence-electron chi connectivity index (χ1n) is 6.77. The van der Waals surface area contributed by atoms with E-state index in [1.807, 2.05) is 6.07 Å². The fourth-order valence-corrected chi connectivity index (χ4v) is 3.13. The van der Waals surface area contributed by atoms with Gasteiger partial charge >= 0.3 is 0 Å². The predicted molar refractivity (Wildman–Crippen MR) is 88.9 cm³/mol. The number of carbonyl (C=O) groups excluding carboxylic acids is 1. The van der Waals surface area contributed by atoms with E-state index < -0.39 is 4.92 Å². The number of hydrogen-bond donors (Lipinski definition) is 1. The molecule has 0 aliphatic carbocycles. The van der Waals surface area contributed by atoms with E-state index in [0.717, 1.165) is 4.88 Å². The average molecular weight is 355 g/mol. The summed E-state index contributed by atoms with van der Waals surface area (Å²) in [5.74, 6) is -0.177. The number of amides is 1. The van der Waals surface area contributed by atoms with E-state index in [9.17, 15) is 14.9 Å². The van der Waals surface area contributed by atoms with Gasteiger partial charge in [0.15, 0.2) is 0 Å². The summed E-state index contributed by atoms with van der Waals surface area (Å²) in [6.07, 6.45) is -0.104. The summed E-state index contributed by atoms with van der Waals surface area (Å²) < 4.78 is 6.02. The monoisotopic (exact) mass is 354 g/mol. The Morgan fingerprint density at radius 1 is 1.35 bits per heavy atom. The molecule has 1 heterocycles. The molecule has 1 unspecified atom stereocenters. The van der Waals surface area contributed by atoms with Crippen molar-refractivity contribution < 1.29 is 14.5 Å². The van der Waals surface area contributed by atoms with Crippen LogP contribution in [0.25, 0.3) is 0 Å². The predicted octanol–water partition coefficient (Wildman–Crippen LogP) is 3.36. The van der Waals surface area contributed by atoms with Crippen LogP contribution < -0.4 is 5.32 Å². The standard InChI is InChI=1S/C15H15ClN2O4S/c1-22-12(13-6-7-14(16)23-13)9-17-15(19)8-10-2-4-11(5-3-10)18(20)21/h2-7,12H,8-9H2,1H3,(H,17,19). The first-order chi connectivity index (χ1) is 11.0. The van der Waals surface area contributed by atoms with E-state index in [2.05, 4.69) is 5.32 Å². The Balaban J connectivity index is 1.87. The molecule has 0 spiro atoms. The number of thiophene rings is 1. The molecule has 1 aromatic heterocycles. The van der Waals surface area contributed by atoms with E-state index >= 15 is 0 Å². The molecule has 0 radical (unpaired) electrons. The SMILES string of the molecule is COC(CNC(=O)Cc1ccc([N+](=O)[O-])cc1)c1ccc(Cl)s1. The second-order valence-electron chi connectivity index (χ2n) is 4.77. The van der Waals surface area contributed by atoms with Gasteiger partial charge in [-0.2, -0.15) is 0 Å². The van der Waals surface area contributed by atoms with Crippen molar-refractivity contribution in [3.63, 3.8) is 0 Å². The van der Waals surface area contributed by atoms with Gasteiger partial charge in [0.25, 0.3) is 5.69 Å². The van der Waals surface area contributed by atoms with Crippen LogP contribution in [0.4, 0.5) is 5.69 Å². The maximum atomic E-state index is 12.0. The summed E-state index contributed by atoms with van der Waals surface area (Å²) in [4.78, 5) is 23.0. The quantitative estimate of drug-likeness (QED) is 0.610. The summed E-state index contributed by atoms with van der Waals surface area (Å²) >= 11 is 7.30. The third kappa shape index (κ3) is 5.02. The number of nitro groups is 1. The van der Waals surface area contributed by atoms with E-state index in [-0.39, 0.29) is 24.1 Å². The topological polar surface area (TPSA) is 81.5 Å². The van der Waals surface area contributed by atoms with Gasteiger partial charge in [-0.05, 0) is 17.7 Å². The maximum absolute atomic E-state index is 12.0. The number of nitrogens with one attached hydrogen (secondary N) is 1. The van der Waals surface area contributed by atoms with Crippen LogP contribution in [-0.4, -0.2) is 24.5 Å². The zero-order chi connectivity index (χ0) is 16.8. The van der Waals surface area contributed by atoms with Crippen LogP contribution in [-0.2, 0) is 16.0 Å². The number of carbonyl (C=O) groups is 1. The first-order valence-corrected chi connectivity index (χ1v) is 7.97. The van der Waals surface area contributed by atoms with Crippen molar-refractivity contribution in [3.05, 3.63) is 61.3 Å². The van der Waals surface area contributed by atoms with Gasteiger partial charge in [0, 0.05) is 30.7 Å². The van der Waals surface area contributed by atoms with Crippen molar-refractivity contribution in [3.8, 4) is 0 Å². The number of methoxy groups -OCH3 is 1. The number of nitrogens with zero attached hydrogens (tertiary/aromatic N) is 1. The largest absolute Gasteiger partial charge is 0.374 e. The van der Waals surface area contributed by atoms with Gasteiger partial charge in [0.05, 0.1) is 15.7 Å². The highest BCUT2D eigenvalue weighted by atomic mass is 35.5. The van der Waals surface area contributed by atoms with Gasteiger partial charge in [-0.15, -0.1) is 11.3 Å². The minimum absolute atomic E-state index is 0.00294. The third-order valence-corrected chi connectivity index (χ3v) is 4.52. The highest BCUT2D eigenvalue weighted by Gasteiger charge is 2.14. The smallest absolute Gasteiger partial charge is 0.269 e. The van der Waals surface area contributed by atoms with Crippen molar-refractivity contribution in [2.45, 2.75) is 12.5 Å². The van der Waals surface area contributed by atoms with Crippen molar-refractivity contribution in [2.75, 3.05) is 13.7 Å². The minimum atomic E-state index is -0.473. The summed E-state index contributed by atoms with van der Waals surface area (Å²) in [6, 6.07) is 9.56. The maximum Gasteiger partial charge on any atom is 0.269 e. The number of ether oxygens (including phenoxy) is 1. The van der Waals surface area contributed by atoms with E-state index in [4.69, 9.17) is 16.3 Å². The zero-order valence-corrected chi connectivity index (χ0v) is 13.9. The van der Waals surface area contributed by atoms with Gasteiger partial charge in [-0.25, -0.2) is 0 Å². The second kappa shape index (κ2) is 8.05. The molecule has 0 aliphatic rings. The molecular weight excluding hydrogens is 340 g/mol. The van der Waals surface area contributed by atoms with E-state index in [1.54, 1.807) is 25.3 Å². The van der Waals surface area contributed by atoms with Gasteiger partial charge < -0.3 is 10.1 Å². The average Bonchev–Trinajstić information content (AvgIpc) is 2.95. The van der Waals surface area contributed by atoms with Crippen LogP contribution in [0.2, 0.25) is 4.34 Å². The zero-order valence-electron chi connectivity index (χ0n) is 12.3. The lowest BCUT2D eigenvalue weighted by atomic mass is 10.1. The highest BCUT2D eigenvalue weighted by molar-refractivity contribution is 7.16. The Labute approximate surface area is 142 Å². The lowest BCUT2D eigenvalue weighted by Crippen LogP contribution is -2.30. The Bertz CT molecular complexity index is 687. The Morgan fingerprint density at radius 2 is 2.04 bits per heavy atom. The lowest BCUT2D eigenvalue weighted by Gasteiger charge is -2.14. The molecule has 6 nitrogen and oxygen atoms in total. The summed E-state index contributed by atoms with van der Waals surface area (Å²) in [6.45, 7) is 0.332. The van der Waals surface area contributed by atoms with Crippen LogP contribution in [0.15, 0.2) is 36.4 Å². The molecule has 2 rings (SSSR count). The molecule has 23 heavy (non-hydrogen) atoms. The van der Waals surface area contributed by atoms with E-state index in [1.165, 1.54) is 23.5 Å². The molecule has 1 amide bonds. The second-order valence-corrected chi connectivity index (χ2v) is 6.52. The summed E-state index contributed by atoms with van der Waals surface area (Å²) in [7, 11) is 1.57. The molecule has 1 aromatic carbocycles. The Kier molecular flexibility index (Phi) is 6.09. The number of non-ortho nitro benzene ring substituents is 1. The van der Waals surface area contributed by atoms with Crippen molar-refractivity contribution in [1.82, 2.24) is 5.32 Å². The molecule has 0 bridgehead atoms. The molecule has 1 atom stereocenters. The molecule has 8 heteroatoms. The molecule has 0 aliphatic heterocycles. The fraction of sp³-hybridized carbons (Fsp3) is 0.267. The van der Waals surface area contributed by atoms with Crippen molar-refractivity contribution in [2.24, 2.45) is 0 Å². The molecule has 2 aromatic rings. The molecular formula is C15H15ClN2O4S. The highest BCUT2D eigenvalue weighted by Crippen LogP contribution is 2.28. The number of nitro benzene ring substituents is 1. The van der Waals surface area contributed by atoms with Crippen LogP contribution >= 0.6 is 22.9 Å². The van der Waals surface area contributed by atoms with Crippen LogP contribution in [0.1, 0.15) is 16.5 Å². The van der Waals surface area contributed by atoms with Crippen LogP contribution in [0.3, 0.4) is 0 Å². The van der Waals surface area contributed by atoms with Crippen molar-refractivity contribution >= 4 is 34.5 Å². The fourth-order valence-electron chi connectivity index (χ4n) is 1.99. The van der Waals surface area contributed by atoms with Gasteiger partial charge in [-0.1, -0.05) is 23.7 Å². The Hall–Kier alpha value is -1.96. The third-order valence-electron chi connectivity index (χ3n) is 3.19. The van der Waals surface area contributed by atoms with Gasteiger partial charge in [0.2, 0.25) is 5.91 Å². The first kappa shape index (κ1) is 17.4. The number of benzene rings is 1. The van der Waals surface area contributed by atoms with E-state index in [0.29, 0.717) is 16.4 Å².